The van der Waals surface area contributed by atoms with E-state index >= 15 is 0 Å². The zero-order valence-electron chi connectivity index (χ0n) is 10.8. The van der Waals surface area contributed by atoms with Gasteiger partial charge in [0.25, 0.3) is 5.56 Å². The van der Waals surface area contributed by atoms with Crippen molar-refractivity contribution in [1.82, 2.24) is 9.55 Å². The maximum Gasteiger partial charge on any atom is 0.416 e. The molecule has 1 heterocycles. The van der Waals surface area contributed by atoms with Crippen molar-refractivity contribution in [3.05, 3.63) is 61.4 Å². The van der Waals surface area contributed by atoms with Crippen LogP contribution in [0.15, 0.2) is 33.9 Å². The normalized spacial score (nSPS) is 11.7. The molecule has 1 aromatic carbocycles. The molecule has 1 aromatic heterocycles. The molecule has 4 nitrogen and oxygen atoms in total. The number of halogens is 4. The average Bonchev–Trinajstić information content (AvgIpc) is 2.38. The molecular formula is C13H10ClF3N2O2. The second-order valence-electron chi connectivity index (χ2n) is 4.26. The van der Waals surface area contributed by atoms with E-state index in [4.69, 9.17) is 11.6 Å². The number of hydrogen-bond donors (Lipinski definition) is 1. The summed E-state index contributed by atoms with van der Waals surface area (Å²) in [6.45, 7) is 1.68. The third-order valence-corrected chi connectivity index (χ3v) is 3.27. The zero-order chi connectivity index (χ0) is 15.8. The second kappa shape index (κ2) is 5.40. The SMILES string of the molecule is CCc1c(Cl)[nH]c(=O)n(-c2ccc(C(F)(F)F)cc2)c1=O. The van der Waals surface area contributed by atoms with Gasteiger partial charge in [-0.05, 0) is 30.7 Å². The first-order valence-corrected chi connectivity index (χ1v) is 6.34. The van der Waals surface area contributed by atoms with Crippen LogP contribution in [0.25, 0.3) is 5.69 Å². The van der Waals surface area contributed by atoms with Gasteiger partial charge in [0.05, 0.1) is 16.8 Å². The monoisotopic (exact) mass is 318 g/mol. The lowest BCUT2D eigenvalue weighted by Gasteiger charge is -2.10. The van der Waals surface area contributed by atoms with Crippen LogP contribution in [0.4, 0.5) is 13.2 Å². The van der Waals surface area contributed by atoms with Crippen molar-refractivity contribution >= 4 is 11.6 Å². The maximum absolute atomic E-state index is 12.5. The minimum atomic E-state index is -4.48. The molecular weight excluding hydrogens is 309 g/mol. The highest BCUT2D eigenvalue weighted by Crippen LogP contribution is 2.29. The number of H-pyrrole nitrogens is 1. The molecule has 0 amide bonds. The van der Waals surface area contributed by atoms with Gasteiger partial charge in [-0.15, -0.1) is 0 Å². The Balaban J connectivity index is 2.63. The summed E-state index contributed by atoms with van der Waals surface area (Å²) in [5, 5.41) is -0.0596. The van der Waals surface area contributed by atoms with Crippen LogP contribution < -0.4 is 11.2 Å². The highest BCUT2D eigenvalue weighted by Gasteiger charge is 2.30. The van der Waals surface area contributed by atoms with E-state index in [0.717, 1.165) is 28.8 Å². The topological polar surface area (TPSA) is 54.9 Å². The summed E-state index contributed by atoms with van der Waals surface area (Å²) in [5.74, 6) is 0. The minimum absolute atomic E-state index is 0.0422. The van der Waals surface area contributed by atoms with E-state index in [0.29, 0.717) is 0 Å². The Morgan fingerprint density at radius 2 is 1.76 bits per heavy atom. The molecule has 0 spiro atoms. The fourth-order valence-electron chi connectivity index (χ4n) is 1.89. The first-order valence-electron chi connectivity index (χ1n) is 5.97. The zero-order valence-corrected chi connectivity index (χ0v) is 11.5. The van der Waals surface area contributed by atoms with Gasteiger partial charge in [-0.3, -0.25) is 9.78 Å². The van der Waals surface area contributed by atoms with Crippen LogP contribution in [0.1, 0.15) is 18.1 Å². The van der Waals surface area contributed by atoms with Crippen LogP contribution >= 0.6 is 11.6 Å². The molecule has 21 heavy (non-hydrogen) atoms. The Hall–Kier alpha value is -2.02. The molecule has 2 aromatic rings. The summed E-state index contributed by atoms with van der Waals surface area (Å²) in [7, 11) is 0. The van der Waals surface area contributed by atoms with Gasteiger partial charge in [-0.1, -0.05) is 18.5 Å². The van der Waals surface area contributed by atoms with Gasteiger partial charge < -0.3 is 0 Å². The van der Waals surface area contributed by atoms with Crippen LogP contribution in [0.5, 0.6) is 0 Å². The van der Waals surface area contributed by atoms with Gasteiger partial charge in [0.1, 0.15) is 5.15 Å². The lowest BCUT2D eigenvalue weighted by molar-refractivity contribution is -0.137. The highest BCUT2D eigenvalue weighted by molar-refractivity contribution is 6.30. The molecule has 0 radical (unpaired) electrons. The van der Waals surface area contributed by atoms with Crippen molar-refractivity contribution in [1.29, 1.82) is 0 Å². The van der Waals surface area contributed by atoms with E-state index < -0.39 is 23.0 Å². The lowest BCUT2D eigenvalue weighted by atomic mass is 10.2. The van der Waals surface area contributed by atoms with Gasteiger partial charge in [-0.2, -0.15) is 13.2 Å². The van der Waals surface area contributed by atoms with Crippen molar-refractivity contribution in [2.75, 3.05) is 0 Å². The predicted molar refractivity (Wildman–Crippen MR) is 72.0 cm³/mol. The third kappa shape index (κ3) is 2.87. The molecule has 2 rings (SSSR count). The molecule has 0 aliphatic rings. The van der Waals surface area contributed by atoms with E-state index in [2.05, 4.69) is 4.98 Å². The summed E-state index contributed by atoms with van der Waals surface area (Å²) in [4.78, 5) is 26.3. The largest absolute Gasteiger partial charge is 0.416 e. The Bertz CT molecular complexity index is 776. The molecule has 0 atom stereocenters. The summed E-state index contributed by atoms with van der Waals surface area (Å²) in [6, 6.07) is 3.74. The van der Waals surface area contributed by atoms with Crippen LogP contribution in [0.3, 0.4) is 0 Å². The van der Waals surface area contributed by atoms with E-state index in [1.807, 2.05) is 0 Å². The van der Waals surface area contributed by atoms with Crippen LogP contribution in [0.2, 0.25) is 5.15 Å². The molecule has 0 aliphatic carbocycles. The van der Waals surface area contributed by atoms with Gasteiger partial charge in [0, 0.05) is 0 Å². The van der Waals surface area contributed by atoms with Crippen LogP contribution in [-0.2, 0) is 12.6 Å². The molecule has 8 heteroatoms. The predicted octanol–water partition coefficient (Wildman–Crippen LogP) is 2.76. The van der Waals surface area contributed by atoms with Crippen molar-refractivity contribution in [3.8, 4) is 5.69 Å². The standard InChI is InChI=1S/C13H10ClF3N2O2/c1-2-9-10(14)18-12(21)19(11(9)20)8-5-3-7(4-6-8)13(15,16)17/h3-6H,2H2,1H3,(H,18,21). The van der Waals surface area contributed by atoms with Crippen molar-refractivity contribution in [2.24, 2.45) is 0 Å². The van der Waals surface area contributed by atoms with E-state index in [-0.39, 0.29) is 22.8 Å². The van der Waals surface area contributed by atoms with Crippen molar-refractivity contribution < 1.29 is 13.2 Å². The molecule has 0 unspecified atom stereocenters. The number of aromatic amines is 1. The van der Waals surface area contributed by atoms with Gasteiger partial charge in [0.15, 0.2) is 0 Å². The van der Waals surface area contributed by atoms with E-state index in [1.165, 1.54) is 0 Å². The smallest absolute Gasteiger partial charge is 0.297 e. The number of benzene rings is 1. The van der Waals surface area contributed by atoms with Crippen molar-refractivity contribution in [3.63, 3.8) is 0 Å². The van der Waals surface area contributed by atoms with E-state index in [1.54, 1.807) is 6.92 Å². The maximum atomic E-state index is 12.5. The Morgan fingerprint density at radius 3 is 2.24 bits per heavy atom. The van der Waals surface area contributed by atoms with Gasteiger partial charge in [-0.25, -0.2) is 9.36 Å². The van der Waals surface area contributed by atoms with Crippen LogP contribution in [-0.4, -0.2) is 9.55 Å². The summed E-state index contributed by atoms with van der Waals surface area (Å²) in [5.41, 5.74) is -2.08. The number of aromatic nitrogens is 2. The highest BCUT2D eigenvalue weighted by atomic mass is 35.5. The first kappa shape index (κ1) is 15.4. The molecule has 112 valence electrons. The van der Waals surface area contributed by atoms with Crippen molar-refractivity contribution in [2.45, 2.75) is 19.5 Å². The molecule has 0 saturated carbocycles. The quantitative estimate of drug-likeness (QED) is 0.866. The number of hydrogen-bond acceptors (Lipinski definition) is 2. The number of nitrogens with one attached hydrogen (secondary N) is 1. The van der Waals surface area contributed by atoms with Crippen LogP contribution in [0, 0.1) is 0 Å². The molecule has 1 N–H and O–H groups in total. The number of alkyl halides is 3. The fourth-order valence-corrected chi connectivity index (χ4v) is 2.18. The fraction of sp³-hybridized carbons (Fsp3) is 0.231. The first-order chi connectivity index (χ1) is 9.75. The van der Waals surface area contributed by atoms with Gasteiger partial charge in [0.2, 0.25) is 0 Å². The summed E-state index contributed by atoms with van der Waals surface area (Å²) >= 11 is 5.76. The van der Waals surface area contributed by atoms with Gasteiger partial charge >= 0.3 is 11.9 Å². The summed E-state index contributed by atoms with van der Waals surface area (Å²) in [6.07, 6.45) is -4.19. The molecule has 0 fully saturated rings. The minimum Gasteiger partial charge on any atom is -0.297 e. The second-order valence-corrected chi connectivity index (χ2v) is 4.64. The Morgan fingerprint density at radius 1 is 1.19 bits per heavy atom. The third-order valence-electron chi connectivity index (χ3n) is 2.95. The average molecular weight is 319 g/mol. The molecule has 0 bridgehead atoms. The molecule has 0 aliphatic heterocycles. The number of nitrogens with zero attached hydrogens (tertiary/aromatic N) is 1. The summed E-state index contributed by atoms with van der Waals surface area (Å²) < 4.78 is 38.2. The number of rotatable bonds is 2. The lowest BCUT2D eigenvalue weighted by Crippen LogP contribution is -2.36. The van der Waals surface area contributed by atoms with E-state index in [9.17, 15) is 22.8 Å². The Kier molecular flexibility index (Phi) is 3.95. The molecule has 0 saturated heterocycles. The Labute approximate surface area is 121 Å².